The van der Waals surface area contributed by atoms with E-state index in [1.807, 2.05) is 0 Å². The summed E-state index contributed by atoms with van der Waals surface area (Å²) in [5, 5.41) is 13.1. The highest BCUT2D eigenvalue weighted by atomic mass is 16.5. The highest BCUT2D eigenvalue weighted by Crippen LogP contribution is 2.41. The molecule has 0 saturated carbocycles. The van der Waals surface area contributed by atoms with Gasteiger partial charge in [0.1, 0.15) is 17.3 Å². The number of nitrogens with one attached hydrogen (secondary N) is 3. The first-order chi connectivity index (χ1) is 16.4. The van der Waals surface area contributed by atoms with Gasteiger partial charge in [0, 0.05) is 43.8 Å². The van der Waals surface area contributed by atoms with Crippen molar-refractivity contribution < 1.29 is 14.3 Å². The van der Waals surface area contributed by atoms with Crippen LogP contribution < -0.4 is 15.4 Å². The summed E-state index contributed by atoms with van der Waals surface area (Å²) in [5.74, 6) is 1.28. The van der Waals surface area contributed by atoms with Crippen molar-refractivity contribution in [2.75, 3.05) is 39.0 Å². The van der Waals surface area contributed by atoms with Crippen LogP contribution in [0.5, 0.6) is 11.5 Å². The van der Waals surface area contributed by atoms with E-state index in [1.54, 1.807) is 43.7 Å². The lowest BCUT2D eigenvalue weighted by Crippen LogP contribution is -2.45. The van der Waals surface area contributed by atoms with Gasteiger partial charge < -0.3 is 20.4 Å². The second kappa shape index (κ2) is 10.0. The smallest absolute Gasteiger partial charge is 0.329 e. The number of hydrogen-bond donors (Lipinski definition) is 3. The third kappa shape index (κ3) is 4.91. The van der Waals surface area contributed by atoms with Crippen LogP contribution in [-0.4, -0.2) is 71.7 Å². The van der Waals surface area contributed by atoms with Crippen LogP contribution in [0.25, 0.3) is 5.57 Å². The van der Waals surface area contributed by atoms with Crippen molar-refractivity contribution >= 4 is 29.5 Å². The first-order valence-electron chi connectivity index (χ1n) is 11.2. The van der Waals surface area contributed by atoms with Crippen molar-refractivity contribution in [2.24, 2.45) is 5.41 Å². The van der Waals surface area contributed by atoms with Crippen molar-refractivity contribution in [1.29, 1.82) is 5.41 Å². The Balaban J connectivity index is 1.37. The first-order valence-corrected chi connectivity index (χ1v) is 11.2. The minimum Gasteiger partial charge on any atom is -0.456 e. The molecule has 0 aliphatic carbocycles. The van der Waals surface area contributed by atoms with Gasteiger partial charge in [-0.3, -0.25) is 20.0 Å². The average molecular weight is 464 g/mol. The SMILES string of the molecule is CN/C=C(\C=N)c1cc(Oc2ccc(NC(=O)N3CCC4(CCN(C)CC4)C3=O)nc2)ccn1. The van der Waals surface area contributed by atoms with Crippen LogP contribution in [-0.2, 0) is 4.79 Å². The fourth-order valence-electron chi connectivity index (χ4n) is 4.33. The normalized spacial score (nSPS) is 18.1. The predicted molar refractivity (Wildman–Crippen MR) is 129 cm³/mol. The molecule has 2 aromatic rings. The molecule has 10 nitrogen and oxygen atoms in total. The maximum Gasteiger partial charge on any atom is 0.329 e. The summed E-state index contributed by atoms with van der Waals surface area (Å²) >= 11 is 0. The monoisotopic (exact) mass is 463 g/mol. The molecule has 3 N–H and O–H groups in total. The number of urea groups is 1. The molecule has 2 aliphatic heterocycles. The molecule has 0 aromatic carbocycles. The van der Waals surface area contributed by atoms with E-state index >= 15 is 0 Å². The van der Waals surface area contributed by atoms with Gasteiger partial charge in [-0.15, -0.1) is 0 Å². The van der Waals surface area contributed by atoms with Crippen LogP contribution >= 0.6 is 0 Å². The van der Waals surface area contributed by atoms with Crippen LogP contribution in [0, 0.1) is 10.8 Å². The van der Waals surface area contributed by atoms with Gasteiger partial charge in [0.2, 0.25) is 5.91 Å². The summed E-state index contributed by atoms with van der Waals surface area (Å²) in [6, 6.07) is 6.30. The molecule has 0 radical (unpaired) electrons. The quantitative estimate of drug-likeness (QED) is 0.563. The van der Waals surface area contributed by atoms with E-state index in [4.69, 9.17) is 10.1 Å². The molecule has 2 fully saturated rings. The van der Waals surface area contributed by atoms with Crippen LogP contribution in [0.1, 0.15) is 25.0 Å². The topological polar surface area (TPSA) is 124 Å². The summed E-state index contributed by atoms with van der Waals surface area (Å²) in [6.07, 6.45) is 8.28. The van der Waals surface area contributed by atoms with E-state index in [-0.39, 0.29) is 5.91 Å². The fourth-order valence-corrected chi connectivity index (χ4v) is 4.33. The van der Waals surface area contributed by atoms with Gasteiger partial charge in [-0.1, -0.05) is 0 Å². The van der Waals surface area contributed by atoms with Crippen molar-refractivity contribution in [2.45, 2.75) is 19.3 Å². The van der Waals surface area contributed by atoms with Gasteiger partial charge in [0.15, 0.2) is 0 Å². The largest absolute Gasteiger partial charge is 0.456 e. The van der Waals surface area contributed by atoms with E-state index in [1.165, 1.54) is 17.3 Å². The van der Waals surface area contributed by atoms with Crippen LogP contribution in [0.4, 0.5) is 10.6 Å². The molecule has 1 spiro atoms. The molecule has 0 bridgehead atoms. The number of anilines is 1. The number of aromatic nitrogens is 2. The predicted octanol–water partition coefficient (Wildman–Crippen LogP) is 2.95. The number of pyridine rings is 2. The number of amides is 3. The Bertz CT molecular complexity index is 1090. The minimum absolute atomic E-state index is 0.0804. The number of imide groups is 1. The van der Waals surface area contributed by atoms with Gasteiger partial charge >= 0.3 is 6.03 Å². The number of likely N-dealkylation sites (tertiary alicyclic amines) is 2. The highest BCUT2D eigenvalue weighted by Gasteiger charge is 2.49. The number of hydrogen-bond acceptors (Lipinski definition) is 8. The second-order valence-corrected chi connectivity index (χ2v) is 8.61. The molecule has 2 saturated heterocycles. The van der Waals surface area contributed by atoms with Crippen LogP contribution in [0.2, 0.25) is 0 Å². The Hall–Kier alpha value is -3.79. The number of nitrogens with zero attached hydrogens (tertiary/aromatic N) is 4. The Morgan fingerprint density at radius 2 is 1.91 bits per heavy atom. The third-order valence-electron chi connectivity index (χ3n) is 6.39. The van der Waals surface area contributed by atoms with E-state index in [0.717, 1.165) is 25.9 Å². The van der Waals surface area contributed by atoms with E-state index < -0.39 is 11.4 Å². The minimum atomic E-state index is -0.448. The fraction of sp³-hybridized carbons (Fsp3) is 0.375. The molecule has 3 amide bonds. The summed E-state index contributed by atoms with van der Waals surface area (Å²) in [6.45, 7) is 2.18. The van der Waals surface area contributed by atoms with Gasteiger partial charge in [-0.05, 0) is 57.6 Å². The molecule has 34 heavy (non-hydrogen) atoms. The summed E-state index contributed by atoms with van der Waals surface area (Å²) < 4.78 is 5.85. The Labute approximate surface area is 198 Å². The lowest BCUT2D eigenvalue weighted by Gasteiger charge is -2.35. The molecule has 10 heteroatoms. The highest BCUT2D eigenvalue weighted by molar-refractivity contribution is 6.07. The molecule has 4 heterocycles. The molecular formula is C24H29N7O3. The van der Waals surface area contributed by atoms with E-state index in [9.17, 15) is 9.59 Å². The second-order valence-electron chi connectivity index (χ2n) is 8.61. The van der Waals surface area contributed by atoms with Crippen molar-refractivity contribution in [1.82, 2.24) is 25.1 Å². The molecule has 4 rings (SSSR count). The number of ether oxygens (including phenoxy) is 1. The number of carbonyl (C=O) groups excluding carboxylic acids is 2. The maximum atomic E-state index is 13.0. The zero-order chi connectivity index (χ0) is 24.1. The lowest BCUT2D eigenvalue weighted by molar-refractivity contribution is -0.135. The van der Waals surface area contributed by atoms with Gasteiger partial charge in [-0.25, -0.2) is 9.78 Å². The number of carbonyl (C=O) groups is 2. The molecule has 0 unspecified atom stereocenters. The van der Waals surface area contributed by atoms with E-state index in [2.05, 4.69) is 32.5 Å². The van der Waals surface area contributed by atoms with Gasteiger partial charge in [-0.2, -0.15) is 0 Å². The number of piperidine rings is 1. The molecule has 2 aromatic heterocycles. The molecule has 0 atom stereocenters. The van der Waals surface area contributed by atoms with Crippen molar-refractivity contribution in [3.05, 3.63) is 48.6 Å². The van der Waals surface area contributed by atoms with Crippen LogP contribution in [0.3, 0.4) is 0 Å². The summed E-state index contributed by atoms with van der Waals surface area (Å²) in [7, 11) is 3.81. The lowest BCUT2D eigenvalue weighted by atomic mass is 9.77. The maximum absolute atomic E-state index is 13.0. The molecular weight excluding hydrogens is 434 g/mol. The van der Waals surface area contributed by atoms with Gasteiger partial charge in [0.25, 0.3) is 0 Å². The van der Waals surface area contributed by atoms with Gasteiger partial charge in [0.05, 0.1) is 17.3 Å². The summed E-state index contributed by atoms with van der Waals surface area (Å²) in [5.41, 5.74) is 0.803. The number of allylic oxidation sites excluding steroid dienone is 1. The van der Waals surface area contributed by atoms with Crippen LogP contribution in [0.15, 0.2) is 42.9 Å². The van der Waals surface area contributed by atoms with Crippen molar-refractivity contribution in [3.8, 4) is 11.5 Å². The first kappa shape index (κ1) is 23.4. The number of rotatable bonds is 6. The Kier molecular flexibility index (Phi) is 6.87. The molecule has 178 valence electrons. The standard InChI is InChI=1S/C24H29N7O3/c1-26-15-17(14-25)20-13-18(5-9-27-20)34-19-3-4-21(28-16-19)29-23(33)31-12-8-24(22(31)32)6-10-30(2)11-7-24/h3-5,9,13-16,25-26H,6-8,10-12H2,1-2H3,(H,28,29,33)/b17-15+,25-14?. The summed E-state index contributed by atoms with van der Waals surface area (Å²) in [4.78, 5) is 37.8. The third-order valence-corrected chi connectivity index (χ3v) is 6.39. The average Bonchev–Trinajstić information content (AvgIpc) is 3.16. The van der Waals surface area contributed by atoms with E-state index in [0.29, 0.717) is 41.5 Å². The zero-order valence-corrected chi connectivity index (χ0v) is 19.4. The Morgan fingerprint density at radius 3 is 2.59 bits per heavy atom. The Morgan fingerprint density at radius 1 is 1.15 bits per heavy atom. The van der Waals surface area contributed by atoms with Crippen molar-refractivity contribution in [3.63, 3.8) is 0 Å². The molecule has 2 aliphatic rings. The zero-order valence-electron chi connectivity index (χ0n) is 19.4.